The van der Waals surface area contributed by atoms with Crippen LogP contribution in [0.15, 0.2) is 54.6 Å². The van der Waals surface area contributed by atoms with Gasteiger partial charge in [-0.3, -0.25) is 0 Å². The van der Waals surface area contributed by atoms with Gasteiger partial charge in [0.15, 0.2) is 11.5 Å². The summed E-state index contributed by atoms with van der Waals surface area (Å²) in [7, 11) is 0. The standard InChI is InChI=1S/C24H25Cl2NO2/c1-4-28-23-12-19(14-27-21-10-5-16(2)17(3)11-21)22(26)13-24(23)29-15-18-6-8-20(25)9-7-18/h5-13,27H,4,14-15H2,1-3H3. The maximum Gasteiger partial charge on any atom is 0.163 e. The summed E-state index contributed by atoms with van der Waals surface area (Å²) in [6.45, 7) is 7.71. The summed E-state index contributed by atoms with van der Waals surface area (Å²) >= 11 is 12.5. The van der Waals surface area contributed by atoms with E-state index in [0.29, 0.717) is 41.3 Å². The lowest BCUT2D eigenvalue weighted by atomic mass is 10.1. The fourth-order valence-corrected chi connectivity index (χ4v) is 3.23. The van der Waals surface area contributed by atoms with E-state index in [1.165, 1.54) is 11.1 Å². The lowest BCUT2D eigenvalue weighted by Gasteiger charge is -2.16. The van der Waals surface area contributed by atoms with Gasteiger partial charge in [-0.05, 0) is 73.4 Å². The van der Waals surface area contributed by atoms with Crippen LogP contribution in [0.1, 0.15) is 29.2 Å². The van der Waals surface area contributed by atoms with Gasteiger partial charge in [0.2, 0.25) is 0 Å². The smallest absolute Gasteiger partial charge is 0.163 e. The molecule has 0 aromatic heterocycles. The van der Waals surface area contributed by atoms with Crippen molar-refractivity contribution in [2.45, 2.75) is 33.9 Å². The number of nitrogens with one attached hydrogen (secondary N) is 1. The van der Waals surface area contributed by atoms with Gasteiger partial charge in [-0.15, -0.1) is 0 Å². The van der Waals surface area contributed by atoms with Crippen LogP contribution in [0.5, 0.6) is 11.5 Å². The number of hydrogen-bond acceptors (Lipinski definition) is 3. The van der Waals surface area contributed by atoms with Crippen LogP contribution in [0.4, 0.5) is 5.69 Å². The van der Waals surface area contributed by atoms with Crippen LogP contribution in [0.25, 0.3) is 0 Å². The van der Waals surface area contributed by atoms with Crippen LogP contribution in [0.2, 0.25) is 10.0 Å². The maximum atomic E-state index is 6.53. The molecule has 3 aromatic carbocycles. The molecule has 0 atom stereocenters. The van der Waals surface area contributed by atoms with Gasteiger partial charge in [0.1, 0.15) is 6.61 Å². The van der Waals surface area contributed by atoms with Crippen molar-refractivity contribution in [1.29, 1.82) is 0 Å². The molecular weight excluding hydrogens is 405 g/mol. The quantitative estimate of drug-likeness (QED) is 0.410. The van der Waals surface area contributed by atoms with Crippen molar-refractivity contribution >= 4 is 28.9 Å². The molecule has 0 radical (unpaired) electrons. The number of hydrogen-bond donors (Lipinski definition) is 1. The van der Waals surface area contributed by atoms with Crippen LogP contribution < -0.4 is 14.8 Å². The van der Waals surface area contributed by atoms with Crippen LogP contribution >= 0.6 is 23.2 Å². The summed E-state index contributed by atoms with van der Waals surface area (Å²) in [6.07, 6.45) is 0. The SMILES string of the molecule is CCOc1cc(CNc2ccc(C)c(C)c2)c(Cl)cc1OCc1ccc(Cl)cc1. The topological polar surface area (TPSA) is 30.5 Å². The number of rotatable bonds is 8. The summed E-state index contributed by atoms with van der Waals surface area (Å²) in [5.74, 6) is 1.31. The molecule has 0 aliphatic heterocycles. The predicted molar refractivity (Wildman–Crippen MR) is 122 cm³/mol. The summed E-state index contributed by atoms with van der Waals surface area (Å²) in [5, 5.41) is 4.76. The van der Waals surface area contributed by atoms with Gasteiger partial charge in [0, 0.05) is 28.3 Å². The van der Waals surface area contributed by atoms with Gasteiger partial charge < -0.3 is 14.8 Å². The first-order chi connectivity index (χ1) is 14.0. The average molecular weight is 430 g/mol. The molecule has 0 heterocycles. The molecule has 0 spiro atoms. The predicted octanol–water partition coefficient (Wildman–Crippen LogP) is 7.20. The second-order valence-electron chi connectivity index (χ2n) is 6.89. The molecule has 0 amide bonds. The molecular formula is C24H25Cl2NO2. The minimum Gasteiger partial charge on any atom is -0.490 e. The van der Waals surface area contributed by atoms with Crippen molar-refractivity contribution in [3.05, 3.63) is 86.9 Å². The van der Waals surface area contributed by atoms with Gasteiger partial charge in [0.25, 0.3) is 0 Å². The molecule has 29 heavy (non-hydrogen) atoms. The van der Waals surface area contributed by atoms with Gasteiger partial charge in [-0.25, -0.2) is 0 Å². The van der Waals surface area contributed by atoms with E-state index in [0.717, 1.165) is 16.8 Å². The lowest BCUT2D eigenvalue weighted by Crippen LogP contribution is -2.04. The van der Waals surface area contributed by atoms with E-state index in [9.17, 15) is 0 Å². The first-order valence-corrected chi connectivity index (χ1v) is 10.4. The Morgan fingerprint density at radius 1 is 0.828 bits per heavy atom. The third-order valence-corrected chi connectivity index (χ3v) is 5.31. The van der Waals surface area contributed by atoms with Crippen molar-refractivity contribution < 1.29 is 9.47 Å². The number of anilines is 1. The zero-order chi connectivity index (χ0) is 20.8. The number of aryl methyl sites for hydroxylation is 2. The molecule has 152 valence electrons. The zero-order valence-corrected chi connectivity index (χ0v) is 18.4. The Kier molecular flexibility index (Phi) is 7.29. The van der Waals surface area contributed by atoms with Crippen molar-refractivity contribution in [3.63, 3.8) is 0 Å². The molecule has 3 aromatic rings. The first kappa shape index (κ1) is 21.4. The molecule has 3 rings (SSSR count). The third kappa shape index (κ3) is 5.81. The van der Waals surface area contributed by atoms with E-state index in [1.54, 1.807) is 0 Å². The molecule has 5 heteroatoms. The largest absolute Gasteiger partial charge is 0.490 e. The normalized spacial score (nSPS) is 10.7. The Balaban J connectivity index is 1.74. The Morgan fingerprint density at radius 3 is 2.24 bits per heavy atom. The van der Waals surface area contributed by atoms with Crippen LogP contribution in [0.3, 0.4) is 0 Å². The average Bonchev–Trinajstić information content (AvgIpc) is 2.70. The van der Waals surface area contributed by atoms with Crippen LogP contribution in [-0.2, 0) is 13.2 Å². The summed E-state index contributed by atoms with van der Waals surface area (Å²) in [6, 6.07) is 17.6. The van der Waals surface area contributed by atoms with E-state index < -0.39 is 0 Å². The Morgan fingerprint density at radius 2 is 1.55 bits per heavy atom. The van der Waals surface area contributed by atoms with Crippen molar-refractivity contribution in [1.82, 2.24) is 0 Å². The minimum atomic E-state index is 0.411. The molecule has 0 fully saturated rings. The van der Waals surface area contributed by atoms with Gasteiger partial charge in [0.05, 0.1) is 6.61 Å². The summed E-state index contributed by atoms with van der Waals surface area (Å²) in [4.78, 5) is 0. The summed E-state index contributed by atoms with van der Waals surface area (Å²) < 4.78 is 11.8. The van der Waals surface area contributed by atoms with Gasteiger partial charge in [-0.2, -0.15) is 0 Å². The van der Waals surface area contributed by atoms with E-state index in [1.807, 2.05) is 43.3 Å². The molecule has 0 unspecified atom stereocenters. The zero-order valence-electron chi connectivity index (χ0n) is 16.9. The second kappa shape index (κ2) is 9.91. The van der Waals surface area contributed by atoms with E-state index >= 15 is 0 Å². The van der Waals surface area contributed by atoms with E-state index in [2.05, 4.69) is 37.4 Å². The fourth-order valence-electron chi connectivity index (χ4n) is 2.88. The highest BCUT2D eigenvalue weighted by molar-refractivity contribution is 6.31. The highest BCUT2D eigenvalue weighted by Crippen LogP contribution is 2.34. The Bertz CT molecular complexity index is 971. The molecule has 0 saturated carbocycles. The monoisotopic (exact) mass is 429 g/mol. The molecule has 0 aliphatic rings. The molecule has 0 aliphatic carbocycles. The summed E-state index contributed by atoms with van der Waals surface area (Å²) in [5.41, 5.74) is 5.56. The minimum absolute atomic E-state index is 0.411. The maximum absolute atomic E-state index is 6.53. The first-order valence-electron chi connectivity index (χ1n) is 9.60. The third-order valence-electron chi connectivity index (χ3n) is 4.71. The Labute approximate surface area is 182 Å². The van der Waals surface area contributed by atoms with Gasteiger partial charge >= 0.3 is 0 Å². The number of halogens is 2. The van der Waals surface area contributed by atoms with Crippen molar-refractivity contribution in [2.24, 2.45) is 0 Å². The number of benzene rings is 3. The molecule has 0 bridgehead atoms. The van der Waals surface area contributed by atoms with Crippen LogP contribution in [-0.4, -0.2) is 6.61 Å². The highest BCUT2D eigenvalue weighted by atomic mass is 35.5. The molecule has 3 nitrogen and oxygen atoms in total. The highest BCUT2D eigenvalue weighted by Gasteiger charge is 2.12. The van der Waals surface area contributed by atoms with Crippen molar-refractivity contribution in [3.8, 4) is 11.5 Å². The van der Waals surface area contributed by atoms with Crippen molar-refractivity contribution in [2.75, 3.05) is 11.9 Å². The molecule has 0 saturated heterocycles. The van der Waals surface area contributed by atoms with E-state index in [4.69, 9.17) is 32.7 Å². The lowest BCUT2D eigenvalue weighted by molar-refractivity contribution is 0.269. The van der Waals surface area contributed by atoms with E-state index in [-0.39, 0.29) is 0 Å². The molecule has 1 N–H and O–H groups in total. The Hall–Kier alpha value is -2.36. The fraction of sp³-hybridized carbons (Fsp3) is 0.250. The van der Waals surface area contributed by atoms with Crippen LogP contribution in [0, 0.1) is 13.8 Å². The van der Waals surface area contributed by atoms with Gasteiger partial charge in [-0.1, -0.05) is 41.4 Å². The second-order valence-corrected chi connectivity index (χ2v) is 7.73. The number of ether oxygens (including phenoxy) is 2.